The van der Waals surface area contributed by atoms with E-state index in [1.165, 1.54) is 5.01 Å². The average molecular weight is 289 g/mol. The third kappa shape index (κ3) is 2.81. The number of anilines is 1. The summed E-state index contributed by atoms with van der Waals surface area (Å²) < 4.78 is 0. The SMILES string of the molecule is Cc1cnc(N2CCN(C(C)c3nccs3)CC2)nc1. The molecule has 0 radical (unpaired) electrons. The molecule has 1 atom stereocenters. The third-order valence-corrected chi connectivity index (χ3v) is 4.67. The van der Waals surface area contributed by atoms with Gasteiger partial charge in [0, 0.05) is 50.1 Å². The van der Waals surface area contributed by atoms with Crippen LogP contribution in [0.4, 0.5) is 5.95 Å². The van der Waals surface area contributed by atoms with Crippen molar-refractivity contribution in [3.05, 3.63) is 34.5 Å². The van der Waals surface area contributed by atoms with E-state index in [9.17, 15) is 0 Å². The van der Waals surface area contributed by atoms with Gasteiger partial charge in [0.2, 0.25) is 5.95 Å². The van der Waals surface area contributed by atoms with Crippen molar-refractivity contribution in [3.63, 3.8) is 0 Å². The standard InChI is InChI=1S/C14H19N5S/c1-11-9-16-14(17-10-11)19-6-4-18(5-7-19)12(2)13-15-3-8-20-13/h3,8-10,12H,4-7H2,1-2H3. The van der Waals surface area contributed by atoms with E-state index < -0.39 is 0 Å². The lowest BCUT2D eigenvalue weighted by molar-refractivity contribution is 0.197. The molecule has 1 unspecified atom stereocenters. The number of hydrogen-bond acceptors (Lipinski definition) is 6. The molecule has 1 aliphatic heterocycles. The minimum absolute atomic E-state index is 0.399. The van der Waals surface area contributed by atoms with E-state index in [2.05, 4.69) is 31.7 Å². The highest BCUT2D eigenvalue weighted by molar-refractivity contribution is 7.09. The summed E-state index contributed by atoms with van der Waals surface area (Å²) in [6.07, 6.45) is 5.65. The molecule has 1 aliphatic rings. The molecule has 0 spiro atoms. The van der Waals surface area contributed by atoms with E-state index in [-0.39, 0.29) is 0 Å². The Morgan fingerprint density at radius 2 is 1.80 bits per heavy atom. The topological polar surface area (TPSA) is 45.2 Å². The molecule has 5 nitrogen and oxygen atoms in total. The zero-order valence-corrected chi connectivity index (χ0v) is 12.7. The van der Waals surface area contributed by atoms with Crippen LogP contribution < -0.4 is 4.90 Å². The zero-order chi connectivity index (χ0) is 13.9. The summed E-state index contributed by atoms with van der Waals surface area (Å²) >= 11 is 1.73. The van der Waals surface area contributed by atoms with Crippen molar-refractivity contribution >= 4 is 17.3 Å². The monoisotopic (exact) mass is 289 g/mol. The normalized spacial score (nSPS) is 18.2. The van der Waals surface area contributed by atoms with Gasteiger partial charge in [0.25, 0.3) is 0 Å². The molecule has 0 saturated carbocycles. The lowest BCUT2D eigenvalue weighted by Gasteiger charge is -2.37. The van der Waals surface area contributed by atoms with Crippen LogP contribution in [0.1, 0.15) is 23.5 Å². The minimum Gasteiger partial charge on any atom is -0.338 e. The second-order valence-electron chi connectivity index (χ2n) is 5.13. The van der Waals surface area contributed by atoms with Gasteiger partial charge in [-0.25, -0.2) is 15.0 Å². The lowest BCUT2D eigenvalue weighted by Crippen LogP contribution is -2.47. The van der Waals surface area contributed by atoms with E-state index in [4.69, 9.17) is 0 Å². The van der Waals surface area contributed by atoms with Gasteiger partial charge in [0.1, 0.15) is 5.01 Å². The summed E-state index contributed by atoms with van der Waals surface area (Å²) in [5, 5.41) is 3.24. The van der Waals surface area contributed by atoms with Crippen LogP contribution in [0.3, 0.4) is 0 Å². The van der Waals surface area contributed by atoms with E-state index >= 15 is 0 Å². The molecule has 106 valence electrons. The maximum Gasteiger partial charge on any atom is 0.225 e. The molecule has 1 fully saturated rings. The van der Waals surface area contributed by atoms with E-state index in [1.807, 2.05) is 30.9 Å². The lowest BCUT2D eigenvalue weighted by atomic mass is 10.2. The van der Waals surface area contributed by atoms with Crippen LogP contribution in [0.15, 0.2) is 24.0 Å². The number of aromatic nitrogens is 3. The number of nitrogens with zero attached hydrogens (tertiary/aromatic N) is 5. The van der Waals surface area contributed by atoms with E-state index in [1.54, 1.807) is 11.3 Å². The Balaban J connectivity index is 1.60. The molecule has 1 saturated heterocycles. The highest BCUT2D eigenvalue weighted by Crippen LogP contribution is 2.23. The summed E-state index contributed by atoms with van der Waals surface area (Å²) in [6, 6.07) is 0.399. The molecule has 6 heteroatoms. The zero-order valence-electron chi connectivity index (χ0n) is 11.9. The largest absolute Gasteiger partial charge is 0.338 e. The quantitative estimate of drug-likeness (QED) is 0.866. The molecule has 0 amide bonds. The van der Waals surface area contributed by atoms with Gasteiger partial charge in [-0.1, -0.05) is 0 Å². The number of thiazole rings is 1. The van der Waals surface area contributed by atoms with Gasteiger partial charge >= 0.3 is 0 Å². The number of hydrogen-bond donors (Lipinski definition) is 0. The maximum absolute atomic E-state index is 4.42. The Bertz CT molecular complexity index is 531. The van der Waals surface area contributed by atoms with Gasteiger partial charge in [0.15, 0.2) is 0 Å². The molecule has 2 aromatic rings. The molecule has 20 heavy (non-hydrogen) atoms. The summed E-state index contributed by atoms with van der Waals surface area (Å²) in [6.45, 7) is 8.24. The average Bonchev–Trinajstić information content (AvgIpc) is 3.02. The maximum atomic E-state index is 4.42. The van der Waals surface area contributed by atoms with Crippen molar-refractivity contribution in [2.24, 2.45) is 0 Å². The summed E-state index contributed by atoms with van der Waals surface area (Å²) in [4.78, 5) is 18.0. The first-order valence-corrected chi connectivity index (χ1v) is 7.79. The Morgan fingerprint density at radius 3 is 2.40 bits per heavy atom. The molecule has 0 aromatic carbocycles. The Labute approximate surface area is 123 Å². The molecule has 3 heterocycles. The molecule has 2 aromatic heterocycles. The fourth-order valence-corrected chi connectivity index (χ4v) is 3.18. The van der Waals surface area contributed by atoms with Crippen molar-refractivity contribution in [2.45, 2.75) is 19.9 Å². The molecular formula is C14H19N5S. The first-order chi connectivity index (χ1) is 9.74. The highest BCUT2D eigenvalue weighted by Gasteiger charge is 2.24. The fourth-order valence-electron chi connectivity index (χ4n) is 2.46. The van der Waals surface area contributed by atoms with Crippen LogP contribution in [-0.4, -0.2) is 46.0 Å². The predicted molar refractivity (Wildman–Crippen MR) is 81.1 cm³/mol. The van der Waals surface area contributed by atoms with Crippen molar-refractivity contribution < 1.29 is 0 Å². The number of aryl methyl sites for hydroxylation is 1. The van der Waals surface area contributed by atoms with Crippen molar-refractivity contribution in [2.75, 3.05) is 31.1 Å². The van der Waals surface area contributed by atoms with Crippen LogP contribution >= 0.6 is 11.3 Å². The Morgan fingerprint density at radius 1 is 1.10 bits per heavy atom. The van der Waals surface area contributed by atoms with Gasteiger partial charge in [-0.15, -0.1) is 11.3 Å². The first kappa shape index (κ1) is 13.5. The van der Waals surface area contributed by atoms with Gasteiger partial charge in [-0.2, -0.15) is 0 Å². The number of rotatable bonds is 3. The third-order valence-electron chi connectivity index (χ3n) is 3.72. The highest BCUT2D eigenvalue weighted by atomic mass is 32.1. The summed E-state index contributed by atoms with van der Waals surface area (Å²) in [5.41, 5.74) is 1.10. The molecule has 0 aliphatic carbocycles. The summed E-state index contributed by atoms with van der Waals surface area (Å²) in [7, 11) is 0. The van der Waals surface area contributed by atoms with Crippen LogP contribution in [0, 0.1) is 6.92 Å². The van der Waals surface area contributed by atoms with Gasteiger partial charge in [-0.05, 0) is 19.4 Å². The van der Waals surface area contributed by atoms with Gasteiger partial charge in [-0.3, -0.25) is 4.90 Å². The second-order valence-corrected chi connectivity index (χ2v) is 6.06. The summed E-state index contributed by atoms with van der Waals surface area (Å²) in [5.74, 6) is 0.845. The van der Waals surface area contributed by atoms with Crippen molar-refractivity contribution in [3.8, 4) is 0 Å². The van der Waals surface area contributed by atoms with Gasteiger partial charge in [0.05, 0.1) is 6.04 Å². The fraction of sp³-hybridized carbons (Fsp3) is 0.500. The second kappa shape index (κ2) is 5.85. The van der Waals surface area contributed by atoms with Crippen LogP contribution in [-0.2, 0) is 0 Å². The number of piperazine rings is 1. The minimum atomic E-state index is 0.399. The smallest absolute Gasteiger partial charge is 0.225 e. The molecule has 0 bridgehead atoms. The van der Waals surface area contributed by atoms with E-state index in [0.29, 0.717) is 6.04 Å². The molecule has 3 rings (SSSR count). The van der Waals surface area contributed by atoms with E-state index in [0.717, 1.165) is 37.7 Å². The molecule has 0 N–H and O–H groups in total. The van der Waals surface area contributed by atoms with Crippen LogP contribution in [0.2, 0.25) is 0 Å². The van der Waals surface area contributed by atoms with Crippen molar-refractivity contribution in [1.82, 2.24) is 19.9 Å². The predicted octanol–water partition coefficient (Wildman–Crippen LogP) is 2.12. The molecular weight excluding hydrogens is 270 g/mol. The van der Waals surface area contributed by atoms with Gasteiger partial charge < -0.3 is 4.90 Å². The van der Waals surface area contributed by atoms with Crippen LogP contribution in [0.25, 0.3) is 0 Å². The van der Waals surface area contributed by atoms with Crippen LogP contribution in [0.5, 0.6) is 0 Å². The Kier molecular flexibility index (Phi) is 3.93. The van der Waals surface area contributed by atoms with Crippen molar-refractivity contribution in [1.29, 1.82) is 0 Å². The Hall–Kier alpha value is -1.53. The first-order valence-electron chi connectivity index (χ1n) is 6.91.